The van der Waals surface area contributed by atoms with Crippen LogP contribution in [0.25, 0.3) is 0 Å². The summed E-state index contributed by atoms with van der Waals surface area (Å²) in [6.07, 6.45) is 1.61. The Balaban J connectivity index is 2.81. The minimum atomic E-state index is -4.20. The summed E-state index contributed by atoms with van der Waals surface area (Å²) >= 11 is 0. The smallest absolute Gasteiger partial charge is 0.336 e. The fraction of sp³-hybridized carbons (Fsp3) is 0.500. The topological polar surface area (TPSA) is 112 Å². The number of aromatic amines is 1. The van der Waals surface area contributed by atoms with Gasteiger partial charge in [0.2, 0.25) is 0 Å². The van der Waals surface area contributed by atoms with Crippen molar-refractivity contribution in [1.82, 2.24) is 9.97 Å². The van der Waals surface area contributed by atoms with Crippen LogP contribution >= 0.6 is 7.60 Å². The van der Waals surface area contributed by atoms with Crippen LogP contribution in [0.2, 0.25) is 0 Å². The minimum absolute atomic E-state index is 0.0872. The Morgan fingerprint density at radius 3 is 2.77 bits per heavy atom. The number of H-pyrrole nitrogens is 1. The van der Waals surface area contributed by atoms with Crippen LogP contribution in [-0.2, 0) is 11.0 Å². The molecule has 0 saturated carbocycles. The average Bonchev–Trinajstić information content (AvgIpc) is 2.32. The highest BCUT2D eigenvalue weighted by Gasteiger charge is 2.19. The highest BCUT2D eigenvalue weighted by molar-refractivity contribution is 7.60. The summed E-state index contributed by atoms with van der Waals surface area (Å²) < 4.78 is 10.7. The van der Waals surface area contributed by atoms with Gasteiger partial charge in [-0.2, -0.15) is 0 Å². The zero-order valence-corrected chi connectivity index (χ0v) is 8.03. The lowest BCUT2D eigenvalue weighted by Crippen LogP contribution is -2.19. The molecule has 0 amide bonds. The molecule has 0 aliphatic carbocycles. The van der Waals surface area contributed by atoms with Crippen molar-refractivity contribution in [2.24, 2.45) is 5.73 Å². The Bertz CT molecular complexity index is 330. The van der Waals surface area contributed by atoms with E-state index in [-0.39, 0.29) is 11.5 Å². The summed E-state index contributed by atoms with van der Waals surface area (Å²) in [5, 5.41) is 0. The molecule has 6 nitrogen and oxygen atoms in total. The molecule has 0 bridgehead atoms. The number of rotatable bonds is 3. The monoisotopic (exact) mass is 205 g/mol. The van der Waals surface area contributed by atoms with Gasteiger partial charge in [0.05, 0.1) is 6.20 Å². The molecular weight excluding hydrogens is 193 g/mol. The first-order chi connectivity index (χ1) is 5.89. The molecule has 1 rings (SSSR count). The van der Waals surface area contributed by atoms with E-state index >= 15 is 0 Å². The molecule has 1 heterocycles. The van der Waals surface area contributed by atoms with Gasteiger partial charge in [0, 0.05) is 12.5 Å². The minimum Gasteiger partial charge on any atom is -0.336 e. The molecule has 1 aromatic heterocycles. The molecule has 5 N–H and O–H groups in total. The second-order valence-electron chi connectivity index (χ2n) is 2.94. The molecule has 0 aromatic carbocycles. The van der Waals surface area contributed by atoms with Crippen LogP contribution in [0.1, 0.15) is 12.7 Å². The average molecular weight is 205 g/mol. The molecule has 74 valence electrons. The van der Waals surface area contributed by atoms with Gasteiger partial charge >= 0.3 is 7.60 Å². The van der Waals surface area contributed by atoms with Gasteiger partial charge in [0.15, 0.2) is 0 Å². The summed E-state index contributed by atoms with van der Waals surface area (Å²) in [7, 11) is -4.20. The first-order valence-corrected chi connectivity index (χ1v) is 5.36. The fourth-order valence-corrected chi connectivity index (χ4v) is 1.39. The van der Waals surface area contributed by atoms with E-state index in [1.54, 1.807) is 6.92 Å². The number of hydrogen-bond acceptors (Lipinski definition) is 3. The van der Waals surface area contributed by atoms with E-state index in [0.717, 1.165) is 6.20 Å². The van der Waals surface area contributed by atoms with Crippen molar-refractivity contribution >= 4 is 13.0 Å². The van der Waals surface area contributed by atoms with Crippen LogP contribution in [0.15, 0.2) is 6.20 Å². The number of aromatic nitrogens is 2. The molecule has 1 atom stereocenters. The third-order valence-electron chi connectivity index (χ3n) is 1.44. The van der Waals surface area contributed by atoms with Crippen LogP contribution < -0.4 is 11.2 Å². The first-order valence-electron chi connectivity index (χ1n) is 3.75. The summed E-state index contributed by atoms with van der Waals surface area (Å²) in [4.78, 5) is 23.8. The van der Waals surface area contributed by atoms with Gasteiger partial charge in [-0.15, -0.1) is 0 Å². The number of imidazole rings is 1. The summed E-state index contributed by atoms with van der Waals surface area (Å²) in [5.74, 6) is 0.494. The maximum Gasteiger partial charge on any atom is 0.373 e. The van der Waals surface area contributed by atoms with E-state index in [1.807, 2.05) is 0 Å². The third-order valence-corrected chi connectivity index (χ3v) is 2.30. The normalized spacial score (nSPS) is 14.5. The van der Waals surface area contributed by atoms with Gasteiger partial charge in [0.1, 0.15) is 11.3 Å². The fourth-order valence-electron chi connectivity index (χ4n) is 0.908. The van der Waals surface area contributed by atoms with Crippen molar-refractivity contribution < 1.29 is 14.4 Å². The molecule has 7 heteroatoms. The van der Waals surface area contributed by atoms with Crippen LogP contribution in [0.5, 0.6) is 0 Å². The van der Waals surface area contributed by atoms with Gasteiger partial charge in [-0.25, -0.2) is 4.98 Å². The van der Waals surface area contributed by atoms with Crippen LogP contribution in [-0.4, -0.2) is 25.8 Å². The molecule has 0 fully saturated rings. The van der Waals surface area contributed by atoms with Crippen molar-refractivity contribution in [3.8, 4) is 0 Å². The molecule has 0 radical (unpaired) electrons. The van der Waals surface area contributed by atoms with Crippen LogP contribution in [0.4, 0.5) is 0 Å². The highest BCUT2D eigenvalue weighted by atomic mass is 31.2. The molecule has 0 unspecified atom stereocenters. The maximum absolute atomic E-state index is 10.7. The summed E-state index contributed by atoms with van der Waals surface area (Å²) in [5.41, 5.74) is 5.32. The predicted octanol–water partition coefficient (Wildman–Crippen LogP) is -0.898. The lowest BCUT2D eigenvalue weighted by molar-refractivity contribution is 0.386. The Morgan fingerprint density at radius 2 is 2.38 bits per heavy atom. The molecular formula is C6H12N3O3P. The standard InChI is InChI=1S/C6H12N3O3P/c1-4(7)2-5-8-3-6(9-5)13(10,11)12/h3-4H,2,7H2,1H3,(H,8,9)(H2,10,11,12)/t4-/m1/s1. The van der Waals surface area contributed by atoms with Gasteiger partial charge in [-0.3, -0.25) is 4.57 Å². The van der Waals surface area contributed by atoms with Crippen molar-refractivity contribution in [1.29, 1.82) is 0 Å². The van der Waals surface area contributed by atoms with E-state index in [1.165, 1.54) is 0 Å². The van der Waals surface area contributed by atoms with Crippen molar-refractivity contribution in [3.05, 3.63) is 12.0 Å². The van der Waals surface area contributed by atoms with Crippen molar-refractivity contribution in [3.63, 3.8) is 0 Å². The number of nitrogens with two attached hydrogens (primary N) is 1. The van der Waals surface area contributed by atoms with Gasteiger partial charge in [0.25, 0.3) is 0 Å². The Morgan fingerprint density at radius 1 is 1.77 bits per heavy atom. The molecule has 0 aliphatic rings. The van der Waals surface area contributed by atoms with E-state index in [4.69, 9.17) is 15.5 Å². The van der Waals surface area contributed by atoms with E-state index in [9.17, 15) is 4.57 Å². The number of nitrogens with zero attached hydrogens (tertiary/aromatic N) is 1. The third kappa shape index (κ3) is 2.93. The highest BCUT2D eigenvalue weighted by Crippen LogP contribution is 2.31. The Kier molecular flexibility index (Phi) is 2.87. The van der Waals surface area contributed by atoms with Gasteiger partial charge < -0.3 is 20.5 Å². The molecule has 1 aromatic rings. The van der Waals surface area contributed by atoms with Gasteiger partial charge in [-0.1, -0.05) is 0 Å². The van der Waals surface area contributed by atoms with Crippen LogP contribution in [0.3, 0.4) is 0 Å². The lowest BCUT2D eigenvalue weighted by Gasteiger charge is -2.01. The largest absolute Gasteiger partial charge is 0.373 e. The lowest BCUT2D eigenvalue weighted by atomic mass is 10.2. The Hall–Kier alpha value is -0.680. The van der Waals surface area contributed by atoms with Crippen molar-refractivity contribution in [2.75, 3.05) is 0 Å². The molecule has 0 spiro atoms. The van der Waals surface area contributed by atoms with Gasteiger partial charge in [-0.05, 0) is 6.92 Å². The van der Waals surface area contributed by atoms with Crippen LogP contribution in [0, 0.1) is 0 Å². The second-order valence-corrected chi connectivity index (χ2v) is 4.51. The van der Waals surface area contributed by atoms with E-state index < -0.39 is 7.60 Å². The number of nitrogens with one attached hydrogen (secondary N) is 1. The summed E-state index contributed by atoms with van der Waals surface area (Å²) in [6.45, 7) is 1.79. The molecule has 0 saturated heterocycles. The Labute approximate surface area is 75.3 Å². The maximum atomic E-state index is 10.7. The molecule has 0 aliphatic heterocycles. The quantitative estimate of drug-likeness (QED) is 0.478. The van der Waals surface area contributed by atoms with E-state index in [2.05, 4.69) is 9.97 Å². The number of hydrogen-bond donors (Lipinski definition) is 4. The SMILES string of the molecule is C[C@@H](N)Cc1ncc(P(=O)(O)O)[nH]1. The zero-order valence-electron chi connectivity index (χ0n) is 7.14. The summed E-state index contributed by atoms with van der Waals surface area (Å²) in [6, 6.07) is -0.0872. The second kappa shape index (κ2) is 3.59. The van der Waals surface area contributed by atoms with E-state index in [0.29, 0.717) is 12.2 Å². The van der Waals surface area contributed by atoms with Crippen molar-refractivity contribution in [2.45, 2.75) is 19.4 Å². The predicted molar refractivity (Wildman–Crippen MR) is 47.6 cm³/mol. The molecule has 13 heavy (non-hydrogen) atoms. The zero-order chi connectivity index (χ0) is 10.1. The first kappa shape index (κ1) is 10.4.